The van der Waals surface area contributed by atoms with E-state index in [0.29, 0.717) is 23.6 Å². The van der Waals surface area contributed by atoms with Crippen molar-refractivity contribution in [2.45, 2.75) is 19.4 Å². The number of benzene rings is 2. The topological polar surface area (TPSA) is 64.6 Å². The third kappa shape index (κ3) is 3.90. The molecule has 6 heteroatoms. The first-order chi connectivity index (χ1) is 11.6. The average molecular weight is 329 g/mol. The molecule has 0 unspecified atom stereocenters. The van der Waals surface area contributed by atoms with Gasteiger partial charge in [0.05, 0.1) is 0 Å². The van der Waals surface area contributed by atoms with Crippen LogP contribution in [0.5, 0.6) is 11.5 Å². The first-order valence-electron chi connectivity index (χ1n) is 7.56. The minimum Gasteiger partial charge on any atom is -0.454 e. The quantitative estimate of drug-likeness (QED) is 0.828. The second-order valence-corrected chi connectivity index (χ2v) is 5.39. The highest BCUT2D eigenvalue weighted by Crippen LogP contribution is 2.32. The van der Waals surface area contributed by atoms with Gasteiger partial charge in [0.2, 0.25) is 12.7 Å². The van der Waals surface area contributed by atoms with E-state index >= 15 is 0 Å². The summed E-state index contributed by atoms with van der Waals surface area (Å²) in [6.07, 6.45) is 0.166. The Labute approximate surface area is 138 Å². The molecule has 1 heterocycles. The molecule has 2 aromatic carbocycles. The molecule has 0 saturated carbocycles. The summed E-state index contributed by atoms with van der Waals surface area (Å²) in [4.78, 5) is 23.8. The zero-order valence-corrected chi connectivity index (χ0v) is 12.9. The summed E-state index contributed by atoms with van der Waals surface area (Å²) in [5, 5.41) is 2.76. The molecular formula is C18H16FNO4. The van der Waals surface area contributed by atoms with E-state index in [2.05, 4.69) is 5.32 Å². The lowest BCUT2D eigenvalue weighted by molar-refractivity contribution is -0.121. The van der Waals surface area contributed by atoms with Crippen LogP contribution in [-0.4, -0.2) is 18.5 Å². The Morgan fingerprint density at radius 3 is 2.54 bits per heavy atom. The number of halogens is 1. The van der Waals surface area contributed by atoms with Gasteiger partial charge in [-0.15, -0.1) is 0 Å². The minimum atomic E-state index is -0.395. The monoisotopic (exact) mass is 329 g/mol. The third-order valence-electron chi connectivity index (χ3n) is 3.67. The Kier molecular flexibility index (Phi) is 4.74. The zero-order chi connectivity index (χ0) is 16.9. The Bertz CT molecular complexity index is 758. The summed E-state index contributed by atoms with van der Waals surface area (Å²) in [6.45, 7) is 0.552. The van der Waals surface area contributed by atoms with Gasteiger partial charge in [-0.05, 0) is 42.0 Å². The molecule has 1 aliphatic heterocycles. The van der Waals surface area contributed by atoms with Crippen LogP contribution in [0.2, 0.25) is 0 Å². The number of carbonyl (C=O) groups is 2. The Morgan fingerprint density at radius 2 is 1.75 bits per heavy atom. The number of hydrogen-bond acceptors (Lipinski definition) is 4. The molecule has 0 fully saturated rings. The van der Waals surface area contributed by atoms with Gasteiger partial charge in [0, 0.05) is 24.9 Å². The highest BCUT2D eigenvalue weighted by atomic mass is 19.1. The predicted molar refractivity (Wildman–Crippen MR) is 84.4 cm³/mol. The fraction of sp³-hybridized carbons (Fsp3) is 0.222. The van der Waals surface area contributed by atoms with Crippen molar-refractivity contribution < 1.29 is 23.5 Å². The number of nitrogens with one attached hydrogen (secondary N) is 1. The number of amides is 1. The largest absolute Gasteiger partial charge is 0.454 e. The van der Waals surface area contributed by atoms with Crippen LogP contribution in [0.3, 0.4) is 0 Å². The molecule has 5 nitrogen and oxygen atoms in total. The number of ketones is 1. The number of fused-ring (bicyclic) bond motifs is 1. The summed E-state index contributed by atoms with van der Waals surface area (Å²) in [5.74, 6) is 0.549. The van der Waals surface area contributed by atoms with Crippen LogP contribution in [0, 0.1) is 5.82 Å². The van der Waals surface area contributed by atoms with E-state index in [1.165, 1.54) is 24.3 Å². The van der Waals surface area contributed by atoms with Crippen LogP contribution < -0.4 is 14.8 Å². The highest BCUT2D eigenvalue weighted by Gasteiger charge is 2.14. The molecule has 0 aliphatic carbocycles. The zero-order valence-electron chi connectivity index (χ0n) is 12.9. The van der Waals surface area contributed by atoms with Crippen LogP contribution in [0.15, 0.2) is 42.5 Å². The lowest BCUT2D eigenvalue weighted by Gasteiger charge is -2.06. The maximum Gasteiger partial charge on any atom is 0.231 e. The van der Waals surface area contributed by atoms with Gasteiger partial charge in [-0.1, -0.05) is 6.07 Å². The number of ether oxygens (including phenoxy) is 2. The highest BCUT2D eigenvalue weighted by molar-refractivity contribution is 5.97. The van der Waals surface area contributed by atoms with Gasteiger partial charge in [-0.25, -0.2) is 4.39 Å². The molecule has 0 spiro atoms. The Hall–Kier alpha value is -2.89. The molecule has 2 aromatic rings. The molecule has 1 aliphatic rings. The average Bonchev–Trinajstić information content (AvgIpc) is 3.06. The van der Waals surface area contributed by atoms with Crippen molar-refractivity contribution in [3.8, 4) is 11.5 Å². The van der Waals surface area contributed by atoms with Crippen LogP contribution >= 0.6 is 0 Å². The van der Waals surface area contributed by atoms with Crippen LogP contribution in [0.25, 0.3) is 0 Å². The maximum absolute atomic E-state index is 12.8. The maximum atomic E-state index is 12.8. The lowest BCUT2D eigenvalue weighted by atomic mass is 10.1. The van der Waals surface area contributed by atoms with Crippen molar-refractivity contribution in [1.29, 1.82) is 0 Å². The molecule has 124 valence electrons. The van der Waals surface area contributed by atoms with Crippen molar-refractivity contribution in [3.63, 3.8) is 0 Å². The molecule has 0 aromatic heterocycles. The van der Waals surface area contributed by atoms with Gasteiger partial charge in [0.1, 0.15) is 5.82 Å². The number of Topliss-reactive ketones (excluding diaryl/α,β-unsaturated/α-hetero) is 1. The van der Waals surface area contributed by atoms with E-state index in [1.54, 1.807) is 6.07 Å². The van der Waals surface area contributed by atoms with Crippen LogP contribution in [0.4, 0.5) is 4.39 Å². The fourth-order valence-corrected chi connectivity index (χ4v) is 2.35. The third-order valence-corrected chi connectivity index (χ3v) is 3.67. The van der Waals surface area contributed by atoms with Gasteiger partial charge >= 0.3 is 0 Å². The molecular weight excluding hydrogens is 313 g/mol. The van der Waals surface area contributed by atoms with E-state index in [0.717, 1.165) is 5.56 Å². The van der Waals surface area contributed by atoms with Crippen molar-refractivity contribution in [1.82, 2.24) is 5.32 Å². The molecule has 0 radical (unpaired) electrons. The summed E-state index contributed by atoms with van der Waals surface area (Å²) >= 11 is 0. The minimum absolute atomic E-state index is 0.0819. The van der Waals surface area contributed by atoms with Crippen LogP contribution in [0.1, 0.15) is 28.8 Å². The van der Waals surface area contributed by atoms with E-state index in [1.807, 2.05) is 12.1 Å². The molecule has 1 N–H and O–H groups in total. The van der Waals surface area contributed by atoms with Crippen molar-refractivity contribution in [3.05, 3.63) is 59.4 Å². The fourth-order valence-electron chi connectivity index (χ4n) is 2.35. The summed E-state index contributed by atoms with van der Waals surface area (Å²) in [5.41, 5.74) is 1.29. The lowest BCUT2D eigenvalue weighted by Crippen LogP contribution is -2.23. The van der Waals surface area contributed by atoms with E-state index < -0.39 is 5.82 Å². The van der Waals surface area contributed by atoms with Gasteiger partial charge in [-0.3, -0.25) is 9.59 Å². The van der Waals surface area contributed by atoms with Gasteiger partial charge in [0.15, 0.2) is 17.3 Å². The van der Waals surface area contributed by atoms with Crippen molar-refractivity contribution in [2.24, 2.45) is 0 Å². The molecule has 0 atom stereocenters. The normalized spacial score (nSPS) is 12.0. The molecule has 0 bridgehead atoms. The van der Waals surface area contributed by atoms with Gasteiger partial charge < -0.3 is 14.8 Å². The summed E-state index contributed by atoms with van der Waals surface area (Å²) in [6, 6.07) is 10.7. The second-order valence-electron chi connectivity index (χ2n) is 5.39. The molecule has 1 amide bonds. The van der Waals surface area contributed by atoms with Crippen LogP contribution in [-0.2, 0) is 11.3 Å². The predicted octanol–water partition coefficient (Wildman–Crippen LogP) is 2.83. The van der Waals surface area contributed by atoms with E-state index in [4.69, 9.17) is 9.47 Å². The smallest absolute Gasteiger partial charge is 0.231 e. The van der Waals surface area contributed by atoms with E-state index in [9.17, 15) is 14.0 Å². The Morgan fingerprint density at radius 1 is 1.00 bits per heavy atom. The van der Waals surface area contributed by atoms with Crippen molar-refractivity contribution in [2.75, 3.05) is 6.79 Å². The van der Waals surface area contributed by atoms with Crippen molar-refractivity contribution >= 4 is 11.7 Å². The molecule has 24 heavy (non-hydrogen) atoms. The van der Waals surface area contributed by atoms with Gasteiger partial charge in [0.25, 0.3) is 0 Å². The van der Waals surface area contributed by atoms with E-state index in [-0.39, 0.29) is 31.3 Å². The second kappa shape index (κ2) is 7.12. The number of rotatable bonds is 6. The summed E-state index contributed by atoms with van der Waals surface area (Å²) in [7, 11) is 0. The first-order valence-corrected chi connectivity index (χ1v) is 7.56. The number of hydrogen-bond donors (Lipinski definition) is 1. The molecule has 3 rings (SSSR count). The standard InChI is InChI=1S/C18H16FNO4/c19-14-4-2-13(3-5-14)15(21)6-8-18(22)20-10-12-1-7-16-17(9-12)24-11-23-16/h1-5,7,9H,6,8,10-11H2,(H,20,22). The number of carbonyl (C=O) groups excluding carboxylic acids is 2. The Balaban J connectivity index is 1.46. The molecule has 0 saturated heterocycles. The summed E-state index contributed by atoms with van der Waals surface area (Å²) < 4.78 is 23.3. The van der Waals surface area contributed by atoms with Gasteiger partial charge in [-0.2, -0.15) is 0 Å². The first kappa shape index (κ1) is 16.0. The SMILES string of the molecule is O=C(CCC(=O)c1ccc(F)cc1)NCc1ccc2c(c1)OCO2.